The Balaban J connectivity index is 3.06. The van der Waals surface area contributed by atoms with Crippen LogP contribution >= 0.6 is 0 Å². The highest BCUT2D eigenvalue weighted by atomic mass is 16.1. The fourth-order valence-corrected chi connectivity index (χ4v) is 1.63. The molecule has 0 bridgehead atoms. The zero-order valence-electron chi connectivity index (χ0n) is 10.5. The predicted molar refractivity (Wildman–Crippen MR) is 66.2 cm³/mol. The number of hydrogen-bond donors (Lipinski definition) is 1. The molecule has 0 aliphatic rings. The summed E-state index contributed by atoms with van der Waals surface area (Å²) in [5, 5.41) is 3.07. The van der Waals surface area contributed by atoms with Gasteiger partial charge in [-0.25, -0.2) is 0 Å². The fourth-order valence-electron chi connectivity index (χ4n) is 1.63. The van der Waals surface area contributed by atoms with E-state index < -0.39 is 0 Å². The van der Waals surface area contributed by atoms with Crippen molar-refractivity contribution in [3.8, 4) is 0 Å². The lowest BCUT2D eigenvalue weighted by atomic mass is 10.1. The summed E-state index contributed by atoms with van der Waals surface area (Å²) < 4.78 is 0. The van der Waals surface area contributed by atoms with Gasteiger partial charge in [0.1, 0.15) is 5.78 Å². The Morgan fingerprint density at radius 3 is 2.13 bits per heavy atom. The molecule has 2 nitrogen and oxygen atoms in total. The van der Waals surface area contributed by atoms with Crippen molar-refractivity contribution >= 4 is 5.78 Å². The molecule has 0 spiro atoms. The summed E-state index contributed by atoms with van der Waals surface area (Å²) in [6.07, 6.45) is 9.74. The molecule has 0 amide bonds. The molecule has 0 unspecified atom stereocenters. The SMILES string of the molecule is CCCCCCCCCC(=O)CNCC. The molecule has 0 aliphatic heterocycles. The maximum atomic E-state index is 11.3. The second-order valence-electron chi connectivity index (χ2n) is 4.19. The number of ketones is 1. The van der Waals surface area contributed by atoms with Gasteiger partial charge in [-0.15, -0.1) is 0 Å². The smallest absolute Gasteiger partial charge is 0.146 e. The molecule has 0 aromatic carbocycles. The Morgan fingerprint density at radius 1 is 0.933 bits per heavy atom. The van der Waals surface area contributed by atoms with Crippen LogP contribution in [-0.4, -0.2) is 18.9 Å². The Bertz CT molecular complexity index is 145. The van der Waals surface area contributed by atoms with Crippen LogP contribution in [0, 0.1) is 0 Å². The lowest BCUT2D eigenvalue weighted by molar-refractivity contribution is -0.118. The average molecular weight is 213 g/mol. The van der Waals surface area contributed by atoms with Crippen molar-refractivity contribution < 1.29 is 4.79 Å². The Hall–Kier alpha value is -0.370. The topological polar surface area (TPSA) is 29.1 Å². The zero-order valence-corrected chi connectivity index (χ0v) is 10.5. The molecule has 0 aromatic heterocycles. The van der Waals surface area contributed by atoms with Crippen molar-refractivity contribution in [3.05, 3.63) is 0 Å². The summed E-state index contributed by atoms with van der Waals surface area (Å²) in [7, 11) is 0. The van der Waals surface area contributed by atoms with Gasteiger partial charge in [0.15, 0.2) is 0 Å². The molecule has 0 aliphatic carbocycles. The van der Waals surface area contributed by atoms with Crippen molar-refractivity contribution in [1.82, 2.24) is 5.32 Å². The van der Waals surface area contributed by atoms with Crippen molar-refractivity contribution in [1.29, 1.82) is 0 Å². The van der Waals surface area contributed by atoms with Gasteiger partial charge < -0.3 is 5.32 Å². The van der Waals surface area contributed by atoms with Crippen molar-refractivity contribution in [3.63, 3.8) is 0 Å². The highest BCUT2D eigenvalue weighted by Gasteiger charge is 1.99. The van der Waals surface area contributed by atoms with Gasteiger partial charge in [-0.2, -0.15) is 0 Å². The van der Waals surface area contributed by atoms with Gasteiger partial charge in [0.25, 0.3) is 0 Å². The van der Waals surface area contributed by atoms with Crippen molar-refractivity contribution in [2.75, 3.05) is 13.1 Å². The quantitative estimate of drug-likeness (QED) is 0.533. The summed E-state index contributed by atoms with van der Waals surface area (Å²) in [4.78, 5) is 11.3. The number of carbonyl (C=O) groups excluding carboxylic acids is 1. The lowest BCUT2D eigenvalue weighted by Crippen LogP contribution is -2.22. The molecule has 0 saturated heterocycles. The monoisotopic (exact) mass is 213 g/mol. The fraction of sp³-hybridized carbons (Fsp3) is 0.923. The summed E-state index contributed by atoms with van der Waals surface area (Å²) in [5.74, 6) is 0.366. The third-order valence-corrected chi connectivity index (χ3v) is 2.63. The number of rotatable bonds is 11. The second-order valence-corrected chi connectivity index (χ2v) is 4.19. The summed E-state index contributed by atoms with van der Waals surface area (Å²) >= 11 is 0. The van der Waals surface area contributed by atoms with E-state index in [0.29, 0.717) is 12.3 Å². The third-order valence-electron chi connectivity index (χ3n) is 2.63. The molecule has 0 saturated carbocycles. The van der Waals surface area contributed by atoms with Crippen LogP contribution in [0.4, 0.5) is 0 Å². The third kappa shape index (κ3) is 11.6. The number of unbranched alkanes of at least 4 members (excludes halogenated alkanes) is 6. The highest BCUT2D eigenvalue weighted by Crippen LogP contribution is 2.08. The molecule has 0 rings (SSSR count). The first-order valence-corrected chi connectivity index (χ1v) is 6.53. The molecule has 1 N–H and O–H groups in total. The lowest BCUT2D eigenvalue weighted by Gasteiger charge is -2.02. The first-order chi connectivity index (χ1) is 7.31. The largest absolute Gasteiger partial charge is 0.310 e. The van der Waals surface area contributed by atoms with E-state index >= 15 is 0 Å². The first-order valence-electron chi connectivity index (χ1n) is 6.53. The van der Waals surface area contributed by atoms with Gasteiger partial charge in [-0.1, -0.05) is 52.4 Å². The Kier molecular flexibility index (Phi) is 11.4. The van der Waals surface area contributed by atoms with Gasteiger partial charge in [-0.05, 0) is 13.0 Å². The van der Waals surface area contributed by atoms with E-state index in [1.54, 1.807) is 0 Å². The first kappa shape index (κ1) is 14.6. The minimum Gasteiger partial charge on any atom is -0.310 e. The van der Waals surface area contributed by atoms with E-state index in [1.165, 1.54) is 38.5 Å². The van der Waals surface area contributed by atoms with Crippen LogP contribution in [-0.2, 0) is 4.79 Å². The van der Waals surface area contributed by atoms with Crippen LogP contribution in [0.3, 0.4) is 0 Å². The molecule has 0 radical (unpaired) electrons. The van der Waals surface area contributed by atoms with E-state index in [-0.39, 0.29) is 0 Å². The van der Waals surface area contributed by atoms with E-state index in [0.717, 1.165) is 19.4 Å². The van der Waals surface area contributed by atoms with Crippen molar-refractivity contribution in [2.45, 2.75) is 65.2 Å². The maximum absolute atomic E-state index is 11.3. The minimum atomic E-state index is 0.366. The second kappa shape index (κ2) is 11.7. The summed E-state index contributed by atoms with van der Waals surface area (Å²) in [5.41, 5.74) is 0. The van der Waals surface area contributed by atoms with Gasteiger partial charge in [0, 0.05) is 6.42 Å². The molecule has 0 atom stereocenters. The van der Waals surface area contributed by atoms with Gasteiger partial charge >= 0.3 is 0 Å². The average Bonchev–Trinajstić information content (AvgIpc) is 2.25. The van der Waals surface area contributed by atoms with Crippen LogP contribution in [0.25, 0.3) is 0 Å². The van der Waals surface area contributed by atoms with E-state index in [4.69, 9.17) is 0 Å². The molecule has 2 heteroatoms. The van der Waals surface area contributed by atoms with Crippen LogP contribution < -0.4 is 5.32 Å². The van der Waals surface area contributed by atoms with Crippen LogP contribution in [0.15, 0.2) is 0 Å². The zero-order chi connectivity index (χ0) is 11.4. The number of nitrogens with one attached hydrogen (secondary N) is 1. The van der Waals surface area contributed by atoms with Gasteiger partial charge in [-0.3, -0.25) is 4.79 Å². The number of Topliss-reactive ketones (excluding diaryl/α,β-unsaturated/α-hetero) is 1. The summed E-state index contributed by atoms with van der Waals surface area (Å²) in [6, 6.07) is 0. The molecular formula is C13H27NO. The molecule has 15 heavy (non-hydrogen) atoms. The molecule has 0 fully saturated rings. The highest BCUT2D eigenvalue weighted by molar-refractivity contribution is 5.80. The van der Waals surface area contributed by atoms with Gasteiger partial charge in [0.2, 0.25) is 0 Å². The normalized spacial score (nSPS) is 10.5. The number of likely N-dealkylation sites (N-methyl/N-ethyl adjacent to an activating group) is 1. The van der Waals surface area contributed by atoms with Crippen molar-refractivity contribution in [2.24, 2.45) is 0 Å². The molecule has 0 aromatic rings. The van der Waals surface area contributed by atoms with E-state index in [1.807, 2.05) is 6.92 Å². The Labute approximate surface area is 94.8 Å². The van der Waals surface area contributed by atoms with E-state index in [9.17, 15) is 4.79 Å². The minimum absolute atomic E-state index is 0.366. The number of carbonyl (C=O) groups is 1. The summed E-state index contributed by atoms with van der Waals surface area (Å²) in [6.45, 7) is 5.72. The molecule has 0 heterocycles. The molecule has 90 valence electrons. The van der Waals surface area contributed by atoms with Crippen LogP contribution in [0.5, 0.6) is 0 Å². The van der Waals surface area contributed by atoms with E-state index in [2.05, 4.69) is 12.2 Å². The van der Waals surface area contributed by atoms with Crippen LogP contribution in [0.1, 0.15) is 65.2 Å². The Morgan fingerprint density at radius 2 is 1.53 bits per heavy atom. The van der Waals surface area contributed by atoms with Gasteiger partial charge in [0.05, 0.1) is 6.54 Å². The maximum Gasteiger partial charge on any atom is 0.146 e. The molecular weight excluding hydrogens is 186 g/mol. The standard InChI is InChI=1S/C13H27NO/c1-3-5-6-7-8-9-10-11-13(15)12-14-4-2/h14H,3-12H2,1-2H3. The predicted octanol–water partition coefficient (Wildman–Crippen LogP) is 3.31. The van der Waals surface area contributed by atoms with Crippen LogP contribution in [0.2, 0.25) is 0 Å². The number of hydrogen-bond acceptors (Lipinski definition) is 2.